The van der Waals surface area contributed by atoms with Crippen molar-refractivity contribution >= 4 is 24.1 Å². The highest BCUT2D eigenvalue weighted by atomic mass is 16.6. The summed E-state index contributed by atoms with van der Waals surface area (Å²) in [7, 11) is 1.34. The fourth-order valence-corrected chi connectivity index (χ4v) is 4.50. The number of hydrogen-bond acceptors (Lipinski definition) is 11. The van der Waals surface area contributed by atoms with E-state index in [1.165, 1.54) is 19.2 Å². The number of amides is 2. The number of ether oxygens (including phenoxy) is 7. The third-order valence-electron chi connectivity index (χ3n) is 6.83. The van der Waals surface area contributed by atoms with E-state index in [2.05, 4.69) is 4.74 Å². The van der Waals surface area contributed by atoms with E-state index >= 15 is 0 Å². The maximum Gasteiger partial charge on any atom is 0.410 e. The fourth-order valence-electron chi connectivity index (χ4n) is 4.50. The maximum absolute atomic E-state index is 12.1. The first-order valence-corrected chi connectivity index (χ1v) is 16.0. The highest BCUT2D eigenvalue weighted by Crippen LogP contribution is 2.18. The molecule has 0 saturated carbocycles. The Hall–Kier alpha value is -4.56. The average molecular weight is 689 g/mol. The average Bonchev–Trinajstić information content (AvgIpc) is 3.05. The molecule has 14 heteroatoms. The van der Waals surface area contributed by atoms with Crippen LogP contribution in [-0.2, 0) is 23.7 Å². The van der Waals surface area contributed by atoms with Crippen LogP contribution in [0.15, 0.2) is 48.5 Å². The van der Waals surface area contributed by atoms with Gasteiger partial charge in [-0.05, 0) is 90.1 Å². The smallest absolute Gasteiger partial charge is 0.410 e. The zero-order valence-electron chi connectivity index (χ0n) is 29.3. The number of methoxy groups -OCH3 is 1. The number of rotatable bonds is 8. The van der Waals surface area contributed by atoms with Crippen molar-refractivity contribution in [2.24, 2.45) is 0 Å². The third kappa shape index (κ3) is 13.8. The summed E-state index contributed by atoms with van der Waals surface area (Å²) >= 11 is 0. The van der Waals surface area contributed by atoms with Gasteiger partial charge in [0, 0.05) is 13.1 Å². The van der Waals surface area contributed by atoms with Crippen molar-refractivity contribution in [1.29, 1.82) is 0 Å². The highest BCUT2D eigenvalue weighted by molar-refractivity contribution is 5.89. The van der Waals surface area contributed by atoms with Crippen LogP contribution in [0.1, 0.15) is 62.3 Å². The second-order valence-corrected chi connectivity index (χ2v) is 13.3. The molecular weight excluding hydrogens is 640 g/mol. The van der Waals surface area contributed by atoms with Crippen molar-refractivity contribution in [2.45, 2.75) is 65.0 Å². The minimum atomic E-state index is -0.981. The second-order valence-electron chi connectivity index (χ2n) is 13.3. The molecule has 2 unspecified atom stereocenters. The van der Waals surface area contributed by atoms with Crippen molar-refractivity contribution in [2.75, 3.05) is 59.7 Å². The Balaban J connectivity index is 0.000000266. The zero-order valence-corrected chi connectivity index (χ0v) is 29.3. The van der Waals surface area contributed by atoms with E-state index in [1.807, 2.05) is 41.5 Å². The van der Waals surface area contributed by atoms with Gasteiger partial charge >= 0.3 is 24.1 Å². The summed E-state index contributed by atoms with van der Waals surface area (Å²) in [5.74, 6) is -0.205. The van der Waals surface area contributed by atoms with Gasteiger partial charge in [-0.25, -0.2) is 19.2 Å². The van der Waals surface area contributed by atoms with Crippen molar-refractivity contribution in [1.82, 2.24) is 9.80 Å². The van der Waals surface area contributed by atoms with Crippen LogP contribution < -0.4 is 9.47 Å². The van der Waals surface area contributed by atoms with E-state index in [-0.39, 0.29) is 36.6 Å². The Morgan fingerprint density at radius 3 is 1.43 bits per heavy atom. The Labute approximate surface area is 287 Å². The molecule has 0 spiro atoms. The molecule has 14 nitrogen and oxygen atoms in total. The predicted molar refractivity (Wildman–Crippen MR) is 177 cm³/mol. The summed E-state index contributed by atoms with van der Waals surface area (Å²) in [5, 5.41) is 8.86. The summed E-state index contributed by atoms with van der Waals surface area (Å²) in [5.41, 5.74) is -0.400. The highest BCUT2D eigenvalue weighted by Gasteiger charge is 2.30. The molecule has 2 saturated heterocycles. The zero-order chi connectivity index (χ0) is 36.2. The first kappa shape index (κ1) is 38.9. The van der Waals surface area contributed by atoms with Gasteiger partial charge in [0.05, 0.1) is 44.5 Å². The number of aromatic carboxylic acids is 1. The SMILES string of the molecule is CC(C)(C)OC(=O)N1CCOC(COc2ccc(C(=O)O)cc2)C1.COC(=O)c1ccc(OCC2CN(C(=O)OC(C)(C)C)CCO2)cc1. The van der Waals surface area contributed by atoms with Gasteiger partial charge in [-0.1, -0.05) is 0 Å². The molecule has 1 N–H and O–H groups in total. The molecule has 49 heavy (non-hydrogen) atoms. The van der Waals surface area contributed by atoms with E-state index in [1.54, 1.807) is 46.2 Å². The fraction of sp³-hybridized carbons (Fsp3) is 0.543. The molecule has 0 bridgehead atoms. The molecule has 2 amide bonds. The van der Waals surface area contributed by atoms with Gasteiger partial charge in [-0.3, -0.25) is 0 Å². The Morgan fingerprint density at radius 1 is 0.694 bits per heavy atom. The molecule has 270 valence electrons. The quantitative estimate of drug-likeness (QED) is 0.296. The van der Waals surface area contributed by atoms with Crippen LogP contribution in [0.3, 0.4) is 0 Å². The van der Waals surface area contributed by atoms with Crippen LogP contribution >= 0.6 is 0 Å². The molecule has 2 aromatic rings. The van der Waals surface area contributed by atoms with Crippen molar-refractivity contribution in [3.8, 4) is 11.5 Å². The van der Waals surface area contributed by atoms with Gasteiger partial charge in [0.15, 0.2) is 0 Å². The van der Waals surface area contributed by atoms with E-state index in [0.717, 1.165) is 0 Å². The summed E-state index contributed by atoms with van der Waals surface area (Å²) < 4.78 is 37.9. The molecule has 0 radical (unpaired) electrons. The van der Waals surface area contributed by atoms with Crippen molar-refractivity contribution in [3.05, 3.63) is 59.7 Å². The first-order valence-electron chi connectivity index (χ1n) is 16.0. The normalized spacial score (nSPS) is 17.9. The molecule has 2 aliphatic heterocycles. The van der Waals surface area contributed by atoms with Crippen LogP contribution in [0.5, 0.6) is 11.5 Å². The largest absolute Gasteiger partial charge is 0.491 e. The lowest BCUT2D eigenvalue weighted by Gasteiger charge is -2.34. The Bertz CT molecular complexity index is 1380. The molecule has 2 fully saturated rings. The minimum absolute atomic E-state index is 0.201. The topological polar surface area (TPSA) is 160 Å². The standard InChI is InChI=1S/C18H25NO6.C17H23NO6/c1-18(2,3)25-17(21)19-9-10-23-15(11-19)12-24-14-7-5-13(6-8-14)16(20)22-4;1-17(2,3)24-16(21)18-8-9-22-14(10-18)11-23-13-6-4-12(5-7-13)15(19)20/h5-8,15H,9-12H2,1-4H3;4-7,14H,8-11H2,1-3H3,(H,19,20). The van der Waals surface area contributed by atoms with Gasteiger partial charge in [-0.2, -0.15) is 0 Å². The number of morpholine rings is 2. The Kier molecular flexibility index (Phi) is 14.1. The van der Waals surface area contributed by atoms with E-state index in [0.29, 0.717) is 63.1 Å². The van der Waals surface area contributed by atoms with E-state index in [9.17, 15) is 19.2 Å². The molecule has 2 aromatic carbocycles. The number of nitrogens with zero attached hydrogens (tertiary/aromatic N) is 2. The molecule has 2 heterocycles. The van der Waals surface area contributed by atoms with E-state index < -0.39 is 23.1 Å². The molecule has 2 atom stereocenters. The van der Waals surface area contributed by atoms with Crippen LogP contribution in [0.4, 0.5) is 9.59 Å². The van der Waals surface area contributed by atoms with Gasteiger partial charge in [-0.15, -0.1) is 0 Å². The monoisotopic (exact) mass is 688 g/mol. The van der Waals surface area contributed by atoms with Crippen molar-refractivity contribution < 1.29 is 57.4 Å². The van der Waals surface area contributed by atoms with Crippen molar-refractivity contribution in [3.63, 3.8) is 0 Å². The van der Waals surface area contributed by atoms with Gasteiger partial charge < -0.3 is 48.1 Å². The number of carbonyl (C=O) groups is 4. The molecular formula is C35H48N2O12. The summed E-state index contributed by atoms with van der Waals surface area (Å²) in [6.45, 7) is 14.2. The first-order chi connectivity index (χ1) is 23.0. The summed E-state index contributed by atoms with van der Waals surface area (Å²) in [4.78, 5) is 49.7. The molecule has 2 aliphatic rings. The lowest BCUT2D eigenvalue weighted by atomic mass is 10.2. The summed E-state index contributed by atoms with van der Waals surface area (Å²) in [6, 6.07) is 12.8. The number of esters is 1. The number of carbonyl (C=O) groups excluding carboxylic acids is 3. The van der Waals surface area contributed by atoms with Crippen LogP contribution in [0.2, 0.25) is 0 Å². The maximum atomic E-state index is 12.1. The molecule has 4 rings (SSSR count). The second kappa shape index (κ2) is 17.7. The number of carboxylic acids is 1. The summed E-state index contributed by atoms with van der Waals surface area (Å²) in [6.07, 6.45) is -1.20. The third-order valence-corrected chi connectivity index (χ3v) is 6.83. The van der Waals surface area contributed by atoms with E-state index in [4.69, 9.17) is 33.5 Å². The lowest BCUT2D eigenvalue weighted by molar-refractivity contribution is -0.0558. The number of benzene rings is 2. The molecule has 0 aliphatic carbocycles. The van der Waals surface area contributed by atoms with Crippen LogP contribution in [0, 0.1) is 0 Å². The van der Waals surface area contributed by atoms with Gasteiger partial charge in [0.25, 0.3) is 0 Å². The lowest BCUT2D eigenvalue weighted by Crippen LogP contribution is -2.49. The van der Waals surface area contributed by atoms with Crippen LogP contribution in [0.25, 0.3) is 0 Å². The van der Waals surface area contributed by atoms with Crippen LogP contribution in [-0.4, -0.2) is 122 Å². The van der Waals surface area contributed by atoms with Gasteiger partial charge in [0.2, 0.25) is 0 Å². The molecule has 0 aromatic heterocycles. The minimum Gasteiger partial charge on any atom is -0.491 e. The predicted octanol–water partition coefficient (Wildman–Crippen LogP) is 4.89. The Morgan fingerprint density at radius 2 is 1.08 bits per heavy atom. The van der Waals surface area contributed by atoms with Gasteiger partial charge in [0.1, 0.15) is 48.1 Å². The number of carboxylic acid groups (broad SMARTS) is 1. The number of hydrogen-bond donors (Lipinski definition) is 1.